The molecule has 0 spiro atoms. The van der Waals surface area contributed by atoms with Gasteiger partial charge in [0.05, 0.1) is 18.2 Å². The SMILES string of the molecule is COc1c(C#N)cc(F)c(-c2c(C(=O)O)sc3cc(F)ccc23)c1F. The zero-order chi connectivity index (χ0) is 18.3. The molecule has 3 aromatic rings. The fourth-order valence-corrected chi connectivity index (χ4v) is 3.65. The molecule has 0 amide bonds. The van der Waals surface area contributed by atoms with Gasteiger partial charge in [-0.1, -0.05) is 0 Å². The van der Waals surface area contributed by atoms with Crippen LogP contribution in [-0.2, 0) is 0 Å². The smallest absolute Gasteiger partial charge is 0.346 e. The van der Waals surface area contributed by atoms with Crippen LogP contribution >= 0.6 is 11.3 Å². The van der Waals surface area contributed by atoms with E-state index in [1.54, 1.807) is 6.07 Å². The van der Waals surface area contributed by atoms with Gasteiger partial charge in [-0.3, -0.25) is 0 Å². The Morgan fingerprint density at radius 2 is 1.96 bits per heavy atom. The van der Waals surface area contributed by atoms with Gasteiger partial charge in [0.2, 0.25) is 0 Å². The summed E-state index contributed by atoms with van der Waals surface area (Å²) in [6.07, 6.45) is 0. The highest BCUT2D eigenvalue weighted by Gasteiger charge is 2.28. The largest absolute Gasteiger partial charge is 0.492 e. The Hall–Kier alpha value is -3.05. The molecule has 0 atom stereocenters. The molecule has 1 N–H and O–H groups in total. The Balaban J connectivity index is 2.47. The van der Waals surface area contributed by atoms with E-state index in [9.17, 15) is 23.1 Å². The lowest BCUT2D eigenvalue weighted by atomic mass is 9.98. The molecule has 126 valence electrons. The summed E-state index contributed by atoms with van der Waals surface area (Å²) in [7, 11) is 1.11. The highest BCUT2D eigenvalue weighted by Crippen LogP contribution is 2.43. The topological polar surface area (TPSA) is 70.3 Å². The molecule has 0 aliphatic carbocycles. The van der Waals surface area contributed by atoms with E-state index in [2.05, 4.69) is 0 Å². The van der Waals surface area contributed by atoms with Crippen LogP contribution in [0.4, 0.5) is 13.2 Å². The van der Waals surface area contributed by atoms with Crippen molar-refractivity contribution in [3.05, 3.63) is 52.2 Å². The summed E-state index contributed by atoms with van der Waals surface area (Å²) in [6.45, 7) is 0. The van der Waals surface area contributed by atoms with Gasteiger partial charge in [-0.15, -0.1) is 11.3 Å². The number of nitrogens with zero attached hydrogens (tertiary/aromatic N) is 1. The van der Waals surface area contributed by atoms with E-state index < -0.39 is 34.7 Å². The highest BCUT2D eigenvalue weighted by atomic mass is 32.1. The minimum atomic E-state index is -1.40. The molecule has 0 saturated heterocycles. The number of hydrogen-bond acceptors (Lipinski definition) is 4. The van der Waals surface area contributed by atoms with Gasteiger partial charge in [-0.2, -0.15) is 5.26 Å². The number of ether oxygens (including phenoxy) is 1. The van der Waals surface area contributed by atoms with Crippen LogP contribution in [0.2, 0.25) is 0 Å². The van der Waals surface area contributed by atoms with Crippen LogP contribution in [0.25, 0.3) is 21.2 Å². The van der Waals surface area contributed by atoms with Crippen molar-refractivity contribution in [2.45, 2.75) is 0 Å². The first-order valence-corrected chi connectivity index (χ1v) is 7.62. The van der Waals surface area contributed by atoms with Crippen LogP contribution < -0.4 is 4.74 Å². The molecule has 4 nitrogen and oxygen atoms in total. The van der Waals surface area contributed by atoms with Gasteiger partial charge in [0.25, 0.3) is 0 Å². The van der Waals surface area contributed by atoms with Crippen LogP contribution in [0, 0.1) is 28.8 Å². The van der Waals surface area contributed by atoms with Crippen molar-refractivity contribution in [1.82, 2.24) is 0 Å². The van der Waals surface area contributed by atoms with E-state index in [4.69, 9.17) is 10.00 Å². The fraction of sp³-hybridized carbons (Fsp3) is 0.0588. The standard InChI is InChI=1S/C17H8F3NO3S/c1-24-15-7(6-21)4-10(19)13(14(15)20)12-9-3-2-8(18)5-11(9)25-16(12)17(22)23/h2-5H,1H3,(H,22,23). The normalized spacial score (nSPS) is 10.7. The summed E-state index contributed by atoms with van der Waals surface area (Å²) in [5.41, 5.74) is -1.21. The summed E-state index contributed by atoms with van der Waals surface area (Å²) >= 11 is 0.703. The van der Waals surface area contributed by atoms with E-state index in [1.165, 1.54) is 6.07 Å². The second-order valence-electron chi connectivity index (χ2n) is 4.99. The van der Waals surface area contributed by atoms with Crippen molar-refractivity contribution in [2.75, 3.05) is 7.11 Å². The molecule has 1 heterocycles. The monoisotopic (exact) mass is 363 g/mol. The van der Waals surface area contributed by atoms with E-state index in [0.717, 1.165) is 25.3 Å². The Morgan fingerprint density at radius 1 is 1.24 bits per heavy atom. The van der Waals surface area contributed by atoms with Crippen molar-refractivity contribution < 1.29 is 27.8 Å². The van der Waals surface area contributed by atoms with E-state index >= 15 is 0 Å². The highest BCUT2D eigenvalue weighted by molar-refractivity contribution is 7.21. The second kappa shape index (κ2) is 6.11. The van der Waals surface area contributed by atoms with Crippen molar-refractivity contribution in [2.24, 2.45) is 0 Å². The van der Waals surface area contributed by atoms with E-state index in [0.29, 0.717) is 11.3 Å². The molecule has 3 rings (SSSR count). The molecule has 1 aromatic heterocycles. The Bertz CT molecular complexity index is 1070. The minimum absolute atomic E-state index is 0.188. The summed E-state index contributed by atoms with van der Waals surface area (Å²) in [6, 6.07) is 5.80. The zero-order valence-corrected chi connectivity index (χ0v) is 13.4. The molecule has 0 fully saturated rings. The van der Waals surface area contributed by atoms with Crippen LogP contribution in [0.1, 0.15) is 15.2 Å². The van der Waals surface area contributed by atoms with Gasteiger partial charge < -0.3 is 9.84 Å². The van der Waals surface area contributed by atoms with Gasteiger partial charge in [0.15, 0.2) is 11.6 Å². The third-order valence-corrected chi connectivity index (χ3v) is 4.73. The summed E-state index contributed by atoms with van der Waals surface area (Å²) in [5, 5.41) is 18.6. The Kier molecular flexibility index (Phi) is 4.10. The molecule has 0 radical (unpaired) electrons. The first-order chi connectivity index (χ1) is 11.9. The molecular formula is C17H8F3NO3S. The van der Waals surface area contributed by atoms with Crippen molar-refractivity contribution in [1.29, 1.82) is 5.26 Å². The van der Waals surface area contributed by atoms with Crippen molar-refractivity contribution >= 4 is 27.4 Å². The van der Waals surface area contributed by atoms with Crippen molar-refractivity contribution in [3.63, 3.8) is 0 Å². The molecule has 0 aliphatic heterocycles. The predicted octanol–water partition coefficient (Wildman–Crippen LogP) is 4.56. The number of carboxylic acid groups (broad SMARTS) is 1. The number of thiophene rings is 1. The lowest BCUT2D eigenvalue weighted by molar-refractivity contribution is 0.0703. The third kappa shape index (κ3) is 2.58. The molecule has 0 unspecified atom stereocenters. The number of methoxy groups -OCH3 is 1. The number of hydrogen-bond donors (Lipinski definition) is 1. The molecule has 8 heteroatoms. The maximum atomic E-state index is 14.8. The average Bonchev–Trinajstić information content (AvgIpc) is 2.93. The van der Waals surface area contributed by atoms with Gasteiger partial charge in [-0.05, 0) is 24.3 Å². The number of nitriles is 1. The number of benzene rings is 2. The van der Waals surface area contributed by atoms with Crippen LogP contribution in [-0.4, -0.2) is 18.2 Å². The molecule has 0 bridgehead atoms. The van der Waals surface area contributed by atoms with Crippen LogP contribution in [0.5, 0.6) is 5.75 Å². The van der Waals surface area contributed by atoms with E-state index in [1.807, 2.05) is 0 Å². The number of carbonyl (C=O) groups is 1. The average molecular weight is 363 g/mol. The van der Waals surface area contributed by atoms with E-state index in [-0.39, 0.29) is 26.1 Å². The third-order valence-electron chi connectivity index (χ3n) is 3.59. The molecule has 2 aromatic carbocycles. The van der Waals surface area contributed by atoms with Crippen molar-refractivity contribution in [3.8, 4) is 22.9 Å². The van der Waals surface area contributed by atoms with Crippen LogP contribution in [0.3, 0.4) is 0 Å². The second-order valence-corrected chi connectivity index (χ2v) is 6.04. The van der Waals surface area contributed by atoms with Gasteiger partial charge in [0.1, 0.15) is 22.6 Å². The summed E-state index contributed by atoms with van der Waals surface area (Å²) in [4.78, 5) is 11.2. The number of aromatic carboxylic acids is 1. The maximum Gasteiger partial charge on any atom is 0.346 e. The number of fused-ring (bicyclic) bond motifs is 1. The molecular weight excluding hydrogens is 355 g/mol. The number of carboxylic acids is 1. The summed E-state index contributed by atoms with van der Waals surface area (Å²) in [5.74, 6) is -4.79. The minimum Gasteiger partial charge on any atom is -0.492 e. The molecule has 25 heavy (non-hydrogen) atoms. The summed E-state index contributed by atoms with van der Waals surface area (Å²) < 4.78 is 47.8. The predicted molar refractivity (Wildman–Crippen MR) is 85.4 cm³/mol. The van der Waals surface area contributed by atoms with Gasteiger partial charge in [0, 0.05) is 15.6 Å². The lowest BCUT2D eigenvalue weighted by Gasteiger charge is -2.11. The quantitative estimate of drug-likeness (QED) is 0.740. The van der Waals surface area contributed by atoms with Gasteiger partial charge in [-0.25, -0.2) is 18.0 Å². The van der Waals surface area contributed by atoms with Gasteiger partial charge >= 0.3 is 5.97 Å². The molecule has 0 saturated carbocycles. The Morgan fingerprint density at radius 3 is 2.56 bits per heavy atom. The maximum absolute atomic E-state index is 14.8. The lowest BCUT2D eigenvalue weighted by Crippen LogP contribution is -2.02. The van der Waals surface area contributed by atoms with Crippen LogP contribution in [0.15, 0.2) is 24.3 Å². The first-order valence-electron chi connectivity index (χ1n) is 6.80. The number of rotatable bonds is 3. The Labute approximate surface area is 143 Å². The first kappa shape index (κ1) is 16.8. The zero-order valence-electron chi connectivity index (χ0n) is 12.6. The fourth-order valence-electron chi connectivity index (χ4n) is 2.58. The molecule has 0 aliphatic rings. The number of halogens is 3.